The molecule has 32 heavy (non-hydrogen) atoms. The van der Waals surface area contributed by atoms with Crippen molar-refractivity contribution in [3.8, 4) is 0 Å². The molecule has 1 heterocycles. The van der Waals surface area contributed by atoms with Crippen molar-refractivity contribution in [1.29, 1.82) is 0 Å². The summed E-state index contributed by atoms with van der Waals surface area (Å²) >= 11 is 0. The van der Waals surface area contributed by atoms with Gasteiger partial charge in [0.25, 0.3) is 0 Å². The summed E-state index contributed by atoms with van der Waals surface area (Å²) in [6.07, 6.45) is 30.3. The molecule has 0 aliphatic heterocycles. The summed E-state index contributed by atoms with van der Waals surface area (Å²) in [5.41, 5.74) is 0. The zero-order valence-electron chi connectivity index (χ0n) is 21.2. The van der Waals surface area contributed by atoms with Gasteiger partial charge < -0.3 is 9.15 Å². The van der Waals surface area contributed by atoms with Gasteiger partial charge in [0.1, 0.15) is 5.76 Å². The lowest BCUT2D eigenvalue weighted by atomic mass is 10.0. The van der Waals surface area contributed by atoms with E-state index in [2.05, 4.69) is 6.92 Å². The van der Waals surface area contributed by atoms with Gasteiger partial charge in [-0.25, -0.2) is 0 Å². The maximum Gasteiger partial charge on any atom is 0.306 e. The van der Waals surface area contributed by atoms with Gasteiger partial charge >= 0.3 is 5.97 Å². The number of carbonyl (C=O) groups excluding carboxylic acids is 1. The highest BCUT2D eigenvalue weighted by molar-refractivity contribution is 5.69. The first-order valence-electron chi connectivity index (χ1n) is 14.0. The molecule has 0 fully saturated rings. The normalized spacial score (nSPS) is 11.2. The highest BCUT2D eigenvalue weighted by atomic mass is 16.5. The number of esters is 1. The molecule has 186 valence electrons. The van der Waals surface area contributed by atoms with Gasteiger partial charge in [-0.1, -0.05) is 129 Å². The minimum atomic E-state index is -0.112. The van der Waals surface area contributed by atoms with Crippen LogP contribution in [0.1, 0.15) is 148 Å². The molecule has 0 saturated heterocycles. The fraction of sp³-hybridized carbons (Fsp3) is 0.828. The van der Waals surface area contributed by atoms with E-state index in [1.165, 1.54) is 122 Å². The number of furan rings is 1. The van der Waals surface area contributed by atoms with E-state index in [-0.39, 0.29) is 5.97 Å². The van der Waals surface area contributed by atoms with Crippen molar-refractivity contribution in [1.82, 2.24) is 0 Å². The Morgan fingerprint density at radius 2 is 1.12 bits per heavy atom. The first-order chi connectivity index (χ1) is 15.8. The fourth-order valence-corrected chi connectivity index (χ4v) is 4.30. The quantitative estimate of drug-likeness (QED) is 0.117. The summed E-state index contributed by atoms with van der Waals surface area (Å²) < 4.78 is 10.5. The molecule has 0 saturated carbocycles. The predicted octanol–water partition coefficient (Wildman–Crippen LogP) is 9.58. The van der Waals surface area contributed by atoms with E-state index in [1.807, 2.05) is 12.1 Å². The molecular formula is C29H52O3. The van der Waals surface area contributed by atoms with Gasteiger partial charge in [-0.15, -0.1) is 0 Å². The van der Waals surface area contributed by atoms with Crippen molar-refractivity contribution in [2.75, 3.05) is 6.61 Å². The highest BCUT2D eigenvalue weighted by Crippen LogP contribution is 2.15. The SMILES string of the molecule is CCCCCCCCCCCCCCCCCCCCCCOC(=O)CCc1ccco1. The Hall–Kier alpha value is -1.25. The Morgan fingerprint density at radius 1 is 0.688 bits per heavy atom. The van der Waals surface area contributed by atoms with E-state index in [4.69, 9.17) is 9.15 Å². The molecule has 0 atom stereocenters. The lowest BCUT2D eigenvalue weighted by Crippen LogP contribution is -2.06. The van der Waals surface area contributed by atoms with Crippen LogP contribution >= 0.6 is 0 Å². The van der Waals surface area contributed by atoms with Gasteiger partial charge in [0.05, 0.1) is 19.3 Å². The summed E-state index contributed by atoms with van der Waals surface area (Å²) in [5.74, 6) is 0.736. The van der Waals surface area contributed by atoms with Crippen LogP contribution in [0.3, 0.4) is 0 Å². The van der Waals surface area contributed by atoms with Crippen molar-refractivity contribution in [2.24, 2.45) is 0 Å². The second kappa shape index (κ2) is 22.9. The standard InChI is InChI=1S/C29H52O3/c1-2-3-4-5-6-7-8-9-10-11-12-13-14-15-16-17-18-19-20-21-26-32-29(30)25-24-28-23-22-27-31-28/h22-23,27H,2-21,24-26H2,1H3. The van der Waals surface area contributed by atoms with Gasteiger partial charge in [-0.2, -0.15) is 0 Å². The lowest BCUT2D eigenvalue weighted by molar-refractivity contribution is -0.143. The van der Waals surface area contributed by atoms with Crippen LogP contribution in [0.4, 0.5) is 0 Å². The Balaban J connectivity index is 1.68. The minimum Gasteiger partial charge on any atom is -0.469 e. The summed E-state index contributed by atoms with van der Waals surface area (Å²) in [6, 6.07) is 3.74. The summed E-state index contributed by atoms with van der Waals surface area (Å²) in [7, 11) is 0. The molecule has 1 rings (SSSR count). The van der Waals surface area contributed by atoms with Gasteiger partial charge in [-0.05, 0) is 18.6 Å². The van der Waals surface area contributed by atoms with Crippen LogP contribution in [0.25, 0.3) is 0 Å². The summed E-state index contributed by atoms with van der Waals surface area (Å²) in [4.78, 5) is 11.7. The second-order valence-corrected chi connectivity index (χ2v) is 9.52. The number of rotatable bonds is 24. The van der Waals surface area contributed by atoms with Crippen molar-refractivity contribution in [2.45, 2.75) is 148 Å². The van der Waals surface area contributed by atoms with Gasteiger partial charge in [0.15, 0.2) is 0 Å². The monoisotopic (exact) mass is 448 g/mol. The fourth-order valence-electron chi connectivity index (χ4n) is 4.30. The Kier molecular flexibility index (Phi) is 20.6. The molecule has 0 amide bonds. The second-order valence-electron chi connectivity index (χ2n) is 9.52. The molecule has 1 aromatic heterocycles. The molecule has 0 N–H and O–H groups in total. The van der Waals surface area contributed by atoms with Crippen molar-refractivity contribution >= 4 is 5.97 Å². The molecule has 3 nitrogen and oxygen atoms in total. The molecule has 0 bridgehead atoms. The molecule has 0 aromatic carbocycles. The molecule has 0 unspecified atom stereocenters. The Labute approximate surface area is 199 Å². The van der Waals surface area contributed by atoms with Crippen LogP contribution in [0.5, 0.6) is 0 Å². The molecule has 1 aromatic rings. The van der Waals surface area contributed by atoms with Gasteiger partial charge in [-0.3, -0.25) is 4.79 Å². The van der Waals surface area contributed by atoms with Crippen LogP contribution in [0, 0.1) is 0 Å². The maximum atomic E-state index is 11.7. The van der Waals surface area contributed by atoms with E-state index in [0.29, 0.717) is 19.4 Å². The van der Waals surface area contributed by atoms with Crippen molar-refractivity contribution in [3.63, 3.8) is 0 Å². The number of hydrogen-bond donors (Lipinski definition) is 0. The third-order valence-corrected chi connectivity index (χ3v) is 6.42. The largest absolute Gasteiger partial charge is 0.469 e. The number of hydrogen-bond acceptors (Lipinski definition) is 3. The predicted molar refractivity (Wildman–Crippen MR) is 136 cm³/mol. The van der Waals surface area contributed by atoms with Gasteiger partial charge in [0, 0.05) is 6.42 Å². The zero-order valence-corrected chi connectivity index (χ0v) is 21.2. The summed E-state index contributed by atoms with van der Waals surface area (Å²) in [5, 5.41) is 0. The Morgan fingerprint density at radius 3 is 1.53 bits per heavy atom. The minimum absolute atomic E-state index is 0.112. The van der Waals surface area contributed by atoms with Crippen LogP contribution in [0.15, 0.2) is 22.8 Å². The van der Waals surface area contributed by atoms with E-state index >= 15 is 0 Å². The molecule has 3 heteroatoms. The van der Waals surface area contributed by atoms with E-state index in [1.54, 1.807) is 6.26 Å². The average molecular weight is 449 g/mol. The lowest BCUT2D eigenvalue weighted by Gasteiger charge is -2.05. The van der Waals surface area contributed by atoms with E-state index in [9.17, 15) is 4.79 Å². The van der Waals surface area contributed by atoms with Crippen LogP contribution < -0.4 is 0 Å². The van der Waals surface area contributed by atoms with Crippen LogP contribution in [0.2, 0.25) is 0 Å². The first kappa shape index (κ1) is 28.8. The molecular weight excluding hydrogens is 396 g/mol. The molecule has 0 aliphatic carbocycles. The Bertz CT molecular complexity index is 495. The third-order valence-electron chi connectivity index (χ3n) is 6.42. The van der Waals surface area contributed by atoms with Crippen LogP contribution in [-0.2, 0) is 16.0 Å². The highest BCUT2D eigenvalue weighted by Gasteiger charge is 2.05. The molecule has 0 aliphatic rings. The smallest absolute Gasteiger partial charge is 0.306 e. The zero-order chi connectivity index (χ0) is 23.0. The first-order valence-corrected chi connectivity index (χ1v) is 14.0. The molecule has 0 spiro atoms. The number of carbonyl (C=O) groups is 1. The number of unbranched alkanes of at least 4 members (excludes halogenated alkanes) is 19. The van der Waals surface area contributed by atoms with Crippen molar-refractivity contribution < 1.29 is 13.9 Å². The maximum absolute atomic E-state index is 11.7. The average Bonchev–Trinajstić information content (AvgIpc) is 3.32. The van der Waals surface area contributed by atoms with Crippen LogP contribution in [-0.4, -0.2) is 12.6 Å². The third kappa shape index (κ3) is 19.4. The van der Waals surface area contributed by atoms with E-state index in [0.717, 1.165) is 12.2 Å². The van der Waals surface area contributed by atoms with E-state index < -0.39 is 0 Å². The number of ether oxygens (including phenoxy) is 1. The molecule has 0 radical (unpaired) electrons. The van der Waals surface area contributed by atoms with Crippen molar-refractivity contribution in [3.05, 3.63) is 24.2 Å². The topological polar surface area (TPSA) is 39.4 Å². The number of aryl methyl sites for hydroxylation is 1. The summed E-state index contributed by atoms with van der Waals surface area (Å²) in [6.45, 7) is 2.86. The van der Waals surface area contributed by atoms with Gasteiger partial charge in [0.2, 0.25) is 0 Å².